The number of aromatic nitrogens is 4. The van der Waals surface area contributed by atoms with Gasteiger partial charge in [0.1, 0.15) is 12.2 Å². The van der Waals surface area contributed by atoms with Gasteiger partial charge in [-0.2, -0.15) is 18.2 Å². The summed E-state index contributed by atoms with van der Waals surface area (Å²) in [5.41, 5.74) is 1.80. The first kappa shape index (κ1) is 22.7. The highest BCUT2D eigenvalue weighted by molar-refractivity contribution is 6.32. The fourth-order valence-corrected chi connectivity index (χ4v) is 3.57. The van der Waals surface area contributed by atoms with Crippen LogP contribution in [0.15, 0.2) is 27.4 Å². The number of rotatable bonds is 4. The average Bonchev–Trinajstić information content (AvgIpc) is 3.15. The van der Waals surface area contributed by atoms with Crippen LogP contribution < -0.4 is 5.63 Å². The number of aryl methyl sites for hydroxylation is 3. The van der Waals surface area contributed by atoms with Crippen molar-refractivity contribution < 1.29 is 27.1 Å². The van der Waals surface area contributed by atoms with Crippen molar-refractivity contribution in [3.05, 3.63) is 67.5 Å². The lowest BCUT2D eigenvalue weighted by atomic mass is 10.1. The number of hydrogen-bond donors (Lipinski definition) is 0. The number of hydrogen-bond acceptors (Lipinski definition) is 7. The third-order valence-corrected chi connectivity index (χ3v) is 5.53. The Bertz CT molecular complexity index is 1480. The van der Waals surface area contributed by atoms with Gasteiger partial charge in [-0.3, -0.25) is 4.79 Å². The van der Waals surface area contributed by atoms with Crippen molar-refractivity contribution in [1.29, 1.82) is 0 Å². The van der Waals surface area contributed by atoms with E-state index < -0.39 is 23.6 Å². The molecule has 0 fully saturated rings. The molecular weight excluding hydrogens is 465 g/mol. The Labute approximate surface area is 189 Å². The number of nitrogens with zero attached hydrogens (tertiary/aromatic N) is 4. The van der Waals surface area contributed by atoms with E-state index in [2.05, 4.69) is 15.1 Å². The Morgan fingerprint density at radius 2 is 1.91 bits per heavy atom. The van der Waals surface area contributed by atoms with Crippen LogP contribution in [-0.2, 0) is 28.7 Å². The second kappa shape index (κ2) is 8.14. The Morgan fingerprint density at radius 3 is 2.61 bits per heavy atom. The van der Waals surface area contributed by atoms with Gasteiger partial charge in [0.15, 0.2) is 0 Å². The van der Waals surface area contributed by atoms with E-state index >= 15 is 0 Å². The molecule has 8 nitrogen and oxygen atoms in total. The molecule has 0 aliphatic rings. The van der Waals surface area contributed by atoms with Crippen molar-refractivity contribution in [3.8, 4) is 0 Å². The molecule has 4 rings (SSSR count). The Balaban J connectivity index is 1.59. The van der Waals surface area contributed by atoms with E-state index in [1.807, 2.05) is 0 Å². The molecule has 4 aromatic rings. The van der Waals surface area contributed by atoms with Crippen LogP contribution in [0.25, 0.3) is 16.7 Å². The number of halogens is 4. The first-order valence-electron chi connectivity index (χ1n) is 9.62. The summed E-state index contributed by atoms with van der Waals surface area (Å²) in [6, 6.07) is 4.44. The van der Waals surface area contributed by atoms with Gasteiger partial charge < -0.3 is 9.15 Å². The minimum Gasteiger partial charge on any atom is -0.461 e. The van der Waals surface area contributed by atoms with Crippen LogP contribution in [0.2, 0.25) is 5.02 Å². The molecule has 0 atom stereocenters. The number of fused-ring (bicyclic) bond motifs is 2. The van der Waals surface area contributed by atoms with Crippen molar-refractivity contribution in [2.75, 3.05) is 0 Å². The maximum Gasteiger partial charge on any atom is 0.453 e. The quantitative estimate of drug-likeness (QED) is 0.320. The normalized spacial score (nSPS) is 12.0. The molecule has 0 aliphatic carbocycles. The summed E-state index contributed by atoms with van der Waals surface area (Å²) in [5.74, 6) is -2.21. The van der Waals surface area contributed by atoms with Crippen LogP contribution >= 0.6 is 11.6 Å². The van der Waals surface area contributed by atoms with Crippen LogP contribution in [0, 0.1) is 20.8 Å². The number of ether oxygens (including phenoxy) is 1. The molecule has 33 heavy (non-hydrogen) atoms. The molecule has 0 aliphatic heterocycles. The molecule has 0 N–H and O–H groups in total. The standard InChI is InChI=1S/C21H16ClF3N4O4/c1-9-4-16-14(6-15(9)22)12(5-18(31)33-16)8-32-17(30)7-13-10(2)26-20-27-19(21(23,24)25)28-29(20)11(13)3/h4-6H,7-8H2,1-3H3. The summed E-state index contributed by atoms with van der Waals surface area (Å²) in [5, 5.41) is 4.44. The van der Waals surface area contributed by atoms with Crippen LogP contribution in [0.5, 0.6) is 0 Å². The van der Waals surface area contributed by atoms with E-state index in [4.69, 9.17) is 20.8 Å². The van der Waals surface area contributed by atoms with Crippen molar-refractivity contribution in [3.63, 3.8) is 0 Å². The maximum atomic E-state index is 12.9. The predicted molar refractivity (Wildman–Crippen MR) is 111 cm³/mol. The lowest BCUT2D eigenvalue weighted by molar-refractivity contribution is -0.145. The molecule has 172 valence electrons. The Morgan fingerprint density at radius 1 is 1.18 bits per heavy atom. The van der Waals surface area contributed by atoms with Gasteiger partial charge in [0, 0.05) is 39.0 Å². The van der Waals surface area contributed by atoms with Crippen LogP contribution in [0.4, 0.5) is 13.2 Å². The number of alkyl halides is 3. The number of esters is 1. The molecule has 3 heterocycles. The van der Waals surface area contributed by atoms with Gasteiger partial charge >= 0.3 is 17.8 Å². The summed E-state index contributed by atoms with van der Waals surface area (Å²) in [6.07, 6.45) is -4.99. The zero-order valence-electron chi connectivity index (χ0n) is 17.6. The third kappa shape index (κ3) is 4.40. The fraction of sp³-hybridized carbons (Fsp3) is 0.286. The molecule has 0 radical (unpaired) electrons. The van der Waals surface area contributed by atoms with E-state index in [1.165, 1.54) is 13.0 Å². The number of benzene rings is 1. The lowest BCUT2D eigenvalue weighted by Crippen LogP contribution is -2.14. The monoisotopic (exact) mass is 480 g/mol. The van der Waals surface area contributed by atoms with Gasteiger partial charge in [-0.05, 0) is 38.5 Å². The van der Waals surface area contributed by atoms with Gasteiger partial charge in [-0.25, -0.2) is 14.3 Å². The zero-order valence-corrected chi connectivity index (χ0v) is 18.3. The van der Waals surface area contributed by atoms with Crippen LogP contribution in [-0.4, -0.2) is 25.6 Å². The summed E-state index contributed by atoms with van der Waals surface area (Å²) in [7, 11) is 0. The van der Waals surface area contributed by atoms with Crippen molar-refractivity contribution in [2.45, 2.75) is 40.0 Å². The van der Waals surface area contributed by atoms with Gasteiger partial charge in [0.25, 0.3) is 11.6 Å². The lowest BCUT2D eigenvalue weighted by Gasteiger charge is -2.11. The van der Waals surface area contributed by atoms with Crippen molar-refractivity contribution in [2.24, 2.45) is 0 Å². The molecule has 0 amide bonds. The molecule has 0 saturated carbocycles. The molecule has 1 aromatic carbocycles. The SMILES string of the molecule is Cc1cc2oc(=O)cc(COC(=O)Cc3c(C)nc4nc(C(F)(F)F)nn4c3C)c2cc1Cl. The van der Waals surface area contributed by atoms with E-state index in [0.717, 1.165) is 10.1 Å². The van der Waals surface area contributed by atoms with Crippen LogP contribution in [0.3, 0.4) is 0 Å². The topological polar surface area (TPSA) is 99.6 Å². The van der Waals surface area contributed by atoms with E-state index in [1.54, 1.807) is 26.0 Å². The van der Waals surface area contributed by atoms with Crippen molar-refractivity contribution >= 4 is 34.3 Å². The molecule has 0 spiro atoms. The van der Waals surface area contributed by atoms with E-state index in [-0.39, 0.29) is 24.5 Å². The summed E-state index contributed by atoms with van der Waals surface area (Å²) >= 11 is 6.16. The Kier molecular flexibility index (Phi) is 5.61. The number of carbonyl (C=O) groups is 1. The van der Waals surface area contributed by atoms with Crippen LogP contribution in [0.1, 0.15) is 33.9 Å². The highest BCUT2D eigenvalue weighted by Gasteiger charge is 2.37. The van der Waals surface area contributed by atoms with Gasteiger partial charge in [0.05, 0.1) is 6.42 Å². The minimum atomic E-state index is -4.72. The van der Waals surface area contributed by atoms with E-state index in [0.29, 0.717) is 32.8 Å². The zero-order chi connectivity index (χ0) is 24.1. The second-order valence-electron chi connectivity index (χ2n) is 7.43. The summed E-state index contributed by atoms with van der Waals surface area (Å²) in [6.45, 7) is 4.60. The van der Waals surface area contributed by atoms with Crippen molar-refractivity contribution in [1.82, 2.24) is 19.6 Å². The Hall–Kier alpha value is -3.47. The fourth-order valence-electron chi connectivity index (χ4n) is 3.41. The third-order valence-electron chi connectivity index (χ3n) is 5.12. The minimum absolute atomic E-state index is 0.218. The molecule has 12 heteroatoms. The molecule has 0 bridgehead atoms. The maximum absolute atomic E-state index is 12.9. The molecule has 3 aromatic heterocycles. The number of carbonyl (C=O) groups excluding carboxylic acids is 1. The second-order valence-corrected chi connectivity index (χ2v) is 7.84. The summed E-state index contributed by atoms with van der Waals surface area (Å²) < 4.78 is 50.3. The smallest absolute Gasteiger partial charge is 0.453 e. The molecule has 0 unspecified atom stereocenters. The highest BCUT2D eigenvalue weighted by atomic mass is 35.5. The summed E-state index contributed by atoms with van der Waals surface area (Å²) in [4.78, 5) is 31.8. The largest absolute Gasteiger partial charge is 0.461 e. The molecular formula is C21H16ClF3N4O4. The predicted octanol–water partition coefficient (Wildman–Crippen LogP) is 4.11. The van der Waals surface area contributed by atoms with Gasteiger partial charge in [0.2, 0.25) is 0 Å². The highest BCUT2D eigenvalue weighted by Crippen LogP contribution is 2.28. The van der Waals surface area contributed by atoms with Gasteiger partial charge in [-0.15, -0.1) is 5.10 Å². The average molecular weight is 481 g/mol. The molecule has 0 saturated heterocycles. The first-order valence-corrected chi connectivity index (χ1v) is 10.0. The van der Waals surface area contributed by atoms with Gasteiger partial charge in [-0.1, -0.05) is 11.6 Å². The first-order chi connectivity index (χ1) is 15.4. The van der Waals surface area contributed by atoms with E-state index in [9.17, 15) is 22.8 Å².